The molecule has 5 heteroatoms. The number of fused-ring (bicyclic) bond motifs is 2. The lowest BCUT2D eigenvalue weighted by Gasteiger charge is -2.12. The van der Waals surface area contributed by atoms with E-state index >= 15 is 0 Å². The van der Waals surface area contributed by atoms with Crippen LogP contribution in [-0.4, -0.2) is 23.0 Å². The second kappa shape index (κ2) is 2.66. The molecule has 0 saturated heterocycles. The highest BCUT2D eigenvalue weighted by molar-refractivity contribution is 6.12. The summed E-state index contributed by atoms with van der Waals surface area (Å²) in [5.74, 6) is -2.89. The summed E-state index contributed by atoms with van der Waals surface area (Å²) < 4.78 is 4.32. The van der Waals surface area contributed by atoms with Gasteiger partial charge in [-0.3, -0.25) is 0 Å². The van der Waals surface area contributed by atoms with Crippen LogP contribution in [0.25, 0.3) is 0 Å². The molecule has 14 heavy (non-hydrogen) atoms. The van der Waals surface area contributed by atoms with Crippen LogP contribution in [0.5, 0.6) is 0 Å². The zero-order chi connectivity index (χ0) is 10.3. The van der Waals surface area contributed by atoms with Gasteiger partial charge in [0, 0.05) is 0 Å². The summed E-state index contributed by atoms with van der Waals surface area (Å²) in [5.41, 5.74) is -0.0644. The molecule has 5 nitrogen and oxygen atoms in total. The second-order valence-corrected chi connectivity index (χ2v) is 2.74. The molecule has 0 atom stereocenters. The van der Waals surface area contributed by atoms with E-state index in [2.05, 4.69) is 4.74 Å². The third kappa shape index (κ3) is 1.06. The average molecular weight is 192 g/mol. The predicted octanol–water partition coefficient (Wildman–Crippen LogP) is 0.695. The number of esters is 2. The molecule has 1 aromatic rings. The van der Waals surface area contributed by atoms with Crippen molar-refractivity contribution in [1.82, 2.24) is 0 Å². The summed E-state index contributed by atoms with van der Waals surface area (Å²) in [5, 5.41) is 8.70. The first-order chi connectivity index (χ1) is 6.59. The molecule has 1 aliphatic rings. The van der Waals surface area contributed by atoms with Gasteiger partial charge in [-0.15, -0.1) is 0 Å². The van der Waals surface area contributed by atoms with Crippen LogP contribution in [0.4, 0.5) is 0 Å². The summed E-state index contributed by atoms with van der Waals surface area (Å²) in [6, 6.07) is 3.74. The van der Waals surface area contributed by atoms with Crippen LogP contribution in [-0.2, 0) is 4.74 Å². The largest absolute Gasteiger partial charge is 0.478 e. The Bertz CT molecular complexity index is 460. The fourth-order valence-corrected chi connectivity index (χ4v) is 1.22. The van der Waals surface area contributed by atoms with Crippen LogP contribution in [0.2, 0.25) is 0 Å². The van der Waals surface area contributed by atoms with Crippen molar-refractivity contribution in [1.29, 1.82) is 0 Å². The minimum absolute atomic E-state index is 0.0883. The first kappa shape index (κ1) is 8.43. The van der Waals surface area contributed by atoms with Crippen LogP contribution in [0.15, 0.2) is 18.2 Å². The van der Waals surface area contributed by atoms with Crippen LogP contribution >= 0.6 is 0 Å². The van der Waals surface area contributed by atoms with Crippen molar-refractivity contribution in [2.75, 3.05) is 0 Å². The van der Waals surface area contributed by atoms with Crippen molar-refractivity contribution in [2.24, 2.45) is 0 Å². The number of ether oxygens (including phenoxy) is 1. The Morgan fingerprint density at radius 3 is 2.57 bits per heavy atom. The minimum atomic E-state index is -1.22. The number of cyclic esters (lactones) is 2. The maximum atomic E-state index is 11.1. The van der Waals surface area contributed by atoms with Gasteiger partial charge in [0.05, 0.1) is 16.7 Å². The maximum Gasteiger partial charge on any atom is 0.346 e. The topological polar surface area (TPSA) is 80.7 Å². The Labute approximate surface area is 77.9 Å². The summed E-state index contributed by atoms with van der Waals surface area (Å²) in [7, 11) is 0. The number of carbonyl (C=O) groups is 3. The third-order valence-corrected chi connectivity index (χ3v) is 1.89. The van der Waals surface area contributed by atoms with E-state index in [9.17, 15) is 14.4 Å². The van der Waals surface area contributed by atoms with Crippen molar-refractivity contribution < 1.29 is 24.2 Å². The second-order valence-electron chi connectivity index (χ2n) is 2.74. The lowest BCUT2D eigenvalue weighted by Crippen LogP contribution is -2.21. The van der Waals surface area contributed by atoms with E-state index in [1.807, 2.05) is 0 Å². The molecular weight excluding hydrogens is 188 g/mol. The molecule has 70 valence electrons. The van der Waals surface area contributed by atoms with E-state index in [0.717, 1.165) is 0 Å². The maximum absolute atomic E-state index is 11.1. The van der Waals surface area contributed by atoms with Crippen LogP contribution in [0.3, 0.4) is 0 Å². The number of hydrogen-bond donors (Lipinski definition) is 1. The molecule has 0 fully saturated rings. The number of aromatic carboxylic acids is 1. The fraction of sp³-hybridized carbons (Fsp3) is 0. The van der Waals surface area contributed by atoms with E-state index in [4.69, 9.17) is 5.11 Å². The minimum Gasteiger partial charge on any atom is -0.478 e. The number of carboxylic acid groups (broad SMARTS) is 1. The Kier molecular flexibility index (Phi) is 1.60. The van der Waals surface area contributed by atoms with Gasteiger partial charge in [-0.1, -0.05) is 0 Å². The molecule has 0 amide bonds. The van der Waals surface area contributed by atoms with E-state index < -0.39 is 17.9 Å². The quantitative estimate of drug-likeness (QED) is 0.523. The molecule has 2 rings (SSSR count). The van der Waals surface area contributed by atoms with Gasteiger partial charge in [-0.2, -0.15) is 0 Å². The first-order valence-corrected chi connectivity index (χ1v) is 3.73. The van der Waals surface area contributed by atoms with Crippen LogP contribution in [0.1, 0.15) is 31.1 Å². The van der Waals surface area contributed by atoms with Gasteiger partial charge in [0.15, 0.2) is 0 Å². The standard InChI is InChI=1S/C9H4O5/c10-7(11)5-2-1-4-3-6(5)9(13)14-8(4)12/h1-3H,(H,10,11). The van der Waals surface area contributed by atoms with E-state index in [1.54, 1.807) is 0 Å². The van der Waals surface area contributed by atoms with Gasteiger partial charge >= 0.3 is 17.9 Å². The number of carbonyl (C=O) groups excluding carboxylic acids is 2. The van der Waals surface area contributed by atoms with Gasteiger partial charge in [-0.05, 0) is 18.2 Å². The zero-order valence-corrected chi connectivity index (χ0v) is 6.81. The van der Waals surface area contributed by atoms with Gasteiger partial charge < -0.3 is 9.84 Å². The summed E-state index contributed by atoms with van der Waals surface area (Å²) in [4.78, 5) is 32.7. The third-order valence-electron chi connectivity index (χ3n) is 1.89. The van der Waals surface area contributed by atoms with Gasteiger partial charge in [0.1, 0.15) is 0 Å². The van der Waals surface area contributed by atoms with Crippen molar-refractivity contribution >= 4 is 17.9 Å². The van der Waals surface area contributed by atoms with Gasteiger partial charge in [0.2, 0.25) is 0 Å². The van der Waals surface area contributed by atoms with Crippen molar-refractivity contribution in [3.63, 3.8) is 0 Å². The van der Waals surface area contributed by atoms with Crippen molar-refractivity contribution in [2.45, 2.75) is 0 Å². The van der Waals surface area contributed by atoms with E-state index in [0.29, 0.717) is 0 Å². The molecule has 0 spiro atoms. The van der Waals surface area contributed by atoms with Gasteiger partial charge in [0.25, 0.3) is 0 Å². The molecule has 0 aliphatic carbocycles. The smallest absolute Gasteiger partial charge is 0.346 e. The first-order valence-electron chi connectivity index (χ1n) is 3.73. The normalized spacial score (nSPS) is 13.7. The highest BCUT2D eigenvalue weighted by atomic mass is 16.6. The Morgan fingerprint density at radius 2 is 1.93 bits per heavy atom. The number of rotatable bonds is 1. The lowest BCUT2D eigenvalue weighted by atomic mass is 10.0. The molecule has 0 aromatic heterocycles. The molecule has 1 aromatic carbocycles. The summed E-state index contributed by atoms with van der Waals surface area (Å²) in [6.45, 7) is 0. The summed E-state index contributed by atoms with van der Waals surface area (Å²) in [6.07, 6.45) is 0. The van der Waals surface area contributed by atoms with E-state index in [1.165, 1.54) is 18.2 Å². The molecule has 1 aliphatic heterocycles. The number of carboxylic acids is 1. The highest BCUT2D eigenvalue weighted by Crippen LogP contribution is 2.19. The summed E-state index contributed by atoms with van der Waals surface area (Å²) >= 11 is 0. The Balaban J connectivity index is 2.68. The average Bonchev–Trinajstić information content (AvgIpc) is 2.14. The van der Waals surface area contributed by atoms with Crippen LogP contribution < -0.4 is 0 Å². The lowest BCUT2D eigenvalue weighted by molar-refractivity contribution is 0.0378. The SMILES string of the molecule is O=C1OC(=O)c2cc1ccc2C(=O)O. The molecule has 1 heterocycles. The monoisotopic (exact) mass is 192 g/mol. The molecule has 1 N–H and O–H groups in total. The van der Waals surface area contributed by atoms with E-state index in [-0.39, 0.29) is 16.7 Å². The molecule has 0 radical (unpaired) electrons. The van der Waals surface area contributed by atoms with Crippen molar-refractivity contribution in [3.8, 4) is 0 Å². The fourth-order valence-electron chi connectivity index (χ4n) is 1.22. The Morgan fingerprint density at radius 1 is 1.21 bits per heavy atom. The van der Waals surface area contributed by atoms with Gasteiger partial charge in [-0.25, -0.2) is 14.4 Å². The molecule has 2 bridgehead atoms. The Hall–Kier alpha value is -2.17. The molecule has 0 unspecified atom stereocenters. The highest BCUT2D eigenvalue weighted by Gasteiger charge is 2.27. The number of hydrogen-bond acceptors (Lipinski definition) is 4. The zero-order valence-electron chi connectivity index (χ0n) is 6.81. The predicted molar refractivity (Wildman–Crippen MR) is 43.1 cm³/mol. The molecule has 0 saturated carbocycles. The van der Waals surface area contributed by atoms with Crippen LogP contribution in [0, 0.1) is 0 Å². The van der Waals surface area contributed by atoms with Crippen molar-refractivity contribution in [3.05, 3.63) is 34.9 Å². The molecular formula is C9H4O5. The number of benzene rings is 1.